The zero-order valence-electron chi connectivity index (χ0n) is 20.7. The van der Waals surface area contributed by atoms with Gasteiger partial charge in [-0.25, -0.2) is 13.4 Å². The second-order valence-corrected chi connectivity index (χ2v) is 12.6. The number of carboxylic acids is 1. The highest BCUT2D eigenvalue weighted by Crippen LogP contribution is 2.39. The van der Waals surface area contributed by atoms with Crippen LogP contribution in [0.1, 0.15) is 30.5 Å². The Hall–Kier alpha value is -3.37. The minimum absolute atomic E-state index is 0.0694. The summed E-state index contributed by atoms with van der Waals surface area (Å²) < 4.78 is 26.2. The summed E-state index contributed by atoms with van der Waals surface area (Å²) in [5, 5.41) is 13.0. The number of aromatic nitrogens is 2. The average molecular weight is 554 g/mol. The molecule has 2 bridgehead atoms. The van der Waals surface area contributed by atoms with Gasteiger partial charge in [0.05, 0.1) is 17.9 Å². The highest BCUT2D eigenvalue weighted by atomic mass is 35.5. The van der Waals surface area contributed by atoms with Crippen molar-refractivity contribution >= 4 is 50.5 Å². The van der Waals surface area contributed by atoms with E-state index in [4.69, 9.17) is 26.7 Å². The Kier molecular flexibility index (Phi) is 6.39. The topological polar surface area (TPSA) is 116 Å². The highest BCUT2D eigenvalue weighted by Gasteiger charge is 2.42. The molecule has 2 unspecified atom stereocenters. The van der Waals surface area contributed by atoms with Gasteiger partial charge < -0.3 is 20.2 Å². The molecule has 3 aliphatic heterocycles. The summed E-state index contributed by atoms with van der Waals surface area (Å²) in [5.74, 6) is 0.0152. The van der Waals surface area contributed by atoms with E-state index in [1.54, 1.807) is 24.3 Å². The number of aliphatic carboxylic acids is 1. The third-order valence-electron chi connectivity index (χ3n) is 7.54. The molecule has 11 heteroatoms. The molecule has 6 rings (SSSR count). The van der Waals surface area contributed by atoms with Crippen LogP contribution in [0, 0.1) is 0 Å². The molecule has 2 N–H and O–H groups in total. The molecule has 0 spiro atoms. The Morgan fingerprint density at radius 2 is 1.71 bits per heavy atom. The monoisotopic (exact) mass is 553 g/mol. The van der Waals surface area contributed by atoms with Gasteiger partial charge >= 0.3 is 5.97 Å². The molecule has 2 saturated heterocycles. The van der Waals surface area contributed by atoms with Gasteiger partial charge in [-0.3, -0.25) is 4.79 Å². The van der Waals surface area contributed by atoms with Crippen molar-refractivity contribution in [2.24, 2.45) is 0 Å². The van der Waals surface area contributed by atoms with Crippen molar-refractivity contribution in [3.63, 3.8) is 0 Å². The first-order valence-electron chi connectivity index (χ1n) is 12.8. The third-order valence-corrected chi connectivity index (χ3v) is 9.67. The molecule has 3 aromatic rings. The number of benzene rings is 2. The van der Waals surface area contributed by atoms with E-state index >= 15 is 0 Å². The van der Waals surface area contributed by atoms with Crippen molar-refractivity contribution < 1.29 is 18.3 Å². The SMILES string of the molecule is O=C(O)Cc1ccc(Nc2nc(N3C4CCC3CN(c3ccc(Cl)cc3)C4)nc3c2S(=O)(=O)CCC3)cc1. The summed E-state index contributed by atoms with van der Waals surface area (Å²) in [6, 6.07) is 15.3. The van der Waals surface area contributed by atoms with Gasteiger partial charge in [0.1, 0.15) is 4.90 Å². The smallest absolute Gasteiger partial charge is 0.307 e. The number of hydrogen-bond acceptors (Lipinski definition) is 8. The Bertz CT molecular complexity index is 1470. The summed E-state index contributed by atoms with van der Waals surface area (Å²) in [5.41, 5.74) is 3.00. The number of sulfone groups is 1. The molecule has 1 aromatic heterocycles. The molecule has 3 aliphatic rings. The van der Waals surface area contributed by atoms with Gasteiger partial charge in [0.25, 0.3) is 0 Å². The zero-order chi connectivity index (χ0) is 26.4. The predicted octanol–water partition coefficient (Wildman–Crippen LogP) is 4.08. The summed E-state index contributed by atoms with van der Waals surface area (Å²) in [6.07, 6.45) is 3.07. The maximum atomic E-state index is 13.1. The molecular formula is C27H28ClN5O4S. The van der Waals surface area contributed by atoms with Crippen LogP contribution in [0.25, 0.3) is 0 Å². The van der Waals surface area contributed by atoms with Gasteiger partial charge in [-0.15, -0.1) is 0 Å². The summed E-state index contributed by atoms with van der Waals surface area (Å²) >= 11 is 6.09. The predicted molar refractivity (Wildman–Crippen MR) is 146 cm³/mol. The first-order valence-corrected chi connectivity index (χ1v) is 14.8. The van der Waals surface area contributed by atoms with Crippen LogP contribution in [0.3, 0.4) is 0 Å². The third kappa shape index (κ3) is 4.78. The van der Waals surface area contributed by atoms with E-state index in [1.807, 2.05) is 24.3 Å². The normalized spacial score (nSPS) is 21.7. The number of nitrogens with zero attached hydrogens (tertiary/aromatic N) is 4. The van der Waals surface area contributed by atoms with Gasteiger partial charge in [-0.05, 0) is 67.6 Å². The molecule has 0 aliphatic carbocycles. The highest BCUT2D eigenvalue weighted by molar-refractivity contribution is 7.91. The first kappa shape index (κ1) is 24.9. The zero-order valence-corrected chi connectivity index (χ0v) is 22.2. The molecule has 38 heavy (non-hydrogen) atoms. The van der Waals surface area contributed by atoms with Crippen LogP contribution in [0.5, 0.6) is 0 Å². The number of fused-ring (bicyclic) bond motifs is 3. The van der Waals surface area contributed by atoms with Crippen LogP contribution in [0.2, 0.25) is 5.02 Å². The molecule has 198 valence electrons. The van der Waals surface area contributed by atoms with Crippen LogP contribution in [-0.2, 0) is 27.5 Å². The van der Waals surface area contributed by atoms with E-state index in [2.05, 4.69) is 15.1 Å². The Morgan fingerprint density at radius 1 is 1.03 bits per heavy atom. The summed E-state index contributed by atoms with van der Waals surface area (Å²) in [6.45, 7) is 1.65. The van der Waals surface area contributed by atoms with E-state index in [0.29, 0.717) is 40.8 Å². The van der Waals surface area contributed by atoms with Crippen LogP contribution < -0.4 is 15.1 Å². The number of halogens is 1. The number of piperazine rings is 1. The molecule has 4 heterocycles. The lowest BCUT2D eigenvalue weighted by atomic mass is 10.1. The van der Waals surface area contributed by atoms with Gasteiger partial charge in [0.2, 0.25) is 5.95 Å². The number of rotatable bonds is 6. The second-order valence-electron chi connectivity index (χ2n) is 10.1. The number of carboxylic acid groups (broad SMARTS) is 1. The van der Waals surface area contributed by atoms with E-state index in [1.165, 1.54) is 0 Å². The maximum absolute atomic E-state index is 13.1. The quantitative estimate of drug-likeness (QED) is 0.466. The number of hydrogen-bond donors (Lipinski definition) is 2. The lowest BCUT2D eigenvalue weighted by molar-refractivity contribution is -0.136. The minimum Gasteiger partial charge on any atom is -0.481 e. The van der Waals surface area contributed by atoms with Crippen molar-refractivity contribution in [1.29, 1.82) is 0 Å². The van der Waals surface area contributed by atoms with E-state index in [9.17, 15) is 13.2 Å². The number of aryl methyl sites for hydroxylation is 1. The lowest BCUT2D eigenvalue weighted by Crippen LogP contribution is -2.54. The number of nitrogens with one attached hydrogen (secondary N) is 1. The van der Waals surface area contributed by atoms with Crippen molar-refractivity contribution in [3.05, 3.63) is 64.8 Å². The van der Waals surface area contributed by atoms with Crippen molar-refractivity contribution in [1.82, 2.24) is 9.97 Å². The van der Waals surface area contributed by atoms with E-state index in [-0.39, 0.29) is 35.0 Å². The Balaban J connectivity index is 1.33. The minimum atomic E-state index is -3.53. The number of carbonyl (C=O) groups is 1. The van der Waals surface area contributed by atoms with Crippen LogP contribution in [-0.4, -0.2) is 60.4 Å². The fourth-order valence-corrected chi connectivity index (χ4v) is 7.57. The van der Waals surface area contributed by atoms with Gasteiger partial charge in [-0.2, -0.15) is 4.98 Å². The van der Waals surface area contributed by atoms with Crippen LogP contribution in [0.15, 0.2) is 53.4 Å². The van der Waals surface area contributed by atoms with Crippen molar-refractivity contribution in [3.8, 4) is 0 Å². The van der Waals surface area contributed by atoms with Crippen LogP contribution >= 0.6 is 11.6 Å². The van der Waals surface area contributed by atoms with E-state index in [0.717, 1.165) is 31.6 Å². The lowest BCUT2D eigenvalue weighted by Gasteiger charge is -2.42. The standard InChI is InChI=1S/C27H28ClN5O4S/c28-18-5-9-20(10-6-18)32-15-21-11-12-22(16-32)33(21)27-30-23-2-1-13-38(36,37)25(23)26(31-27)29-19-7-3-17(4-8-19)14-24(34)35/h3-10,21-22H,1-2,11-16H2,(H,34,35)(H,29,30,31). The van der Waals surface area contributed by atoms with E-state index < -0.39 is 15.8 Å². The number of anilines is 4. The van der Waals surface area contributed by atoms with Gasteiger partial charge in [0, 0.05) is 41.6 Å². The van der Waals surface area contributed by atoms with Gasteiger partial charge in [-0.1, -0.05) is 23.7 Å². The average Bonchev–Trinajstić information content (AvgIpc) is 3.14. The first-order chi connectivity index (χ1) is 18.3. The van der Waals surface area contributed by atoms with Crippen molar-refractivity contribution in [2.45, 2.75) is 49.1 Å². The second kappa shape index (κ2) is 9.74. The Morgan fingerprint density at radius 3 is 2.37 bits per heavy atom. The van der Waals surface area contributed by atoms with Crippen LogP contribution in [0.4, 0.5) is 23.1 Å². The largest absolute Gasteiger partial charge is 0.481 e. The molecule has 0 saturated carbocycles. The summed E-state index contributed by atoms with van der Waals surface area (Å²) in [7, 11) is -3.53. The molecule has 2 fully saturated rings. The van der Waals surface area contributed by atoms with Crippen molar-refractivity contribution in [2.75, 3.05) is 34.0 Å². The molecule has 9 nitrogen and oxygen atoms in total. The molecule has 0 amide bonds. The summed E-state index contributed by atoms with van der Waals surface area (Å²) in [4.78, 5) is 25.5. The molecule has 0 radical (unpaired) electrons. The fraction of sp³-hybridized carbons (Fsp3) is 0.370. The fourth-order valence-electron chi connectivity index (χ4n) is 5.82. The maximum Gasteiger partial charge on any atom is 0.307 e. The Labute approximate surface area is 226 Å². The molecule has 2 atom stereocenters. The molecular weight excluding hydrogens is 526 g/mol. The molecule has 2 aromatic carbocycles. The van der Waals surface area contributed by atoms with Gasteiger partial charge in [0.15, 0.2) is 15.7 Å².